The van der Waals surface area contributed by atoms with E-state index in [-0.39, 0.29) is 5.75 Å². The predicted octanol–water partition coefficient (Wildman–Crippen LogP) is 3.56. The van der Waals surface area contributed by atoms with Gasteiger partial charge in [-0.25, -0.2) is 0 Å². The fourth-order valence-corrected chi connectivity index (χ4v) is 1.62. The summed E-state index contributed by atoms with van der Waals surface area (Å²) >= 11 is 2.11. The molecular weight excluding hydrogens is 308 g/mol. The molecule has 5 heteroatoms. The van der Waals surface area contributed by atoms with Gasteiger partial charge in [-0.2, -0.15) is 0 Å². The van der Waals surface area contributed by atoms with Gasteiger partial charge in [-0.3, -0.25) is 0 Å². The van der Waals surface area contributed by atoms with Crippen LogP contribution < -0.4 is 4.74 Å². The van der Waals surface area contributed by atoms with Crippen LogP contribution in [0, 0.1) is 0 Å². The van der Waals surface area contributed by atoms with Gasteiger partial charge in [-0.05, 0) is 18.1 Å². The highest BCUT2D eigenvalue weighted by Gasteiger charge is 2.31. The highest BCUT2D eigenvalue weighted by Crippen LogP contribution is 2.26. The van der Waals surface area contributed by atoms with Crippen LogP contribution in [-0.2, 0) is 6.42 Å². The van der Waals surface area contributed by atoms with Crippen molar-refractivity contribution in [2.45, 2.75) is 12.8 Å². The van der Waals surface area contributed by atoms with E-state index in [4.69, 9.17) is 0 Å². The van der Waals surface area contributed by atoms with E-state index in [1.165, 1.54) is 12.1 Å². The molecule has 0 amide bonds. The zero-order valence-electron chi connectivity index (χ0n) is 7.14. The number of hydrogen-bond donors (Lipinski definition) is 0. The van der Waals surface area contributed by atoms with E-state index >= 15 is 0 Å². The van der Waals surface area contributed by atoms with Gasteiger partial charge < -0.3 is 4.74 Å². The molecule has 0 N–H and O–H groups in total. The zero-order chi connectivity index (χ0) is 10.6. The molecule has 0 aliphatic carbocycles. The minimum atomic E-state index is -4.61. The van der Waals surface area contributed by atoms with Crippen LogP contribution >= 0.6 is 22.6 Å². The topological polar surface area (TPSA) is 9.23 Å². The molecule has 0 saturated carbocycles. The standard InChI is InChI=1S/C9H8F3IO/c10-9(11,12)14-8-4-2-1-3-7(8)5-6-13/h1-4H,5-6H2. The second kappa shape index (κ2) is 4.86. The summed E-state index contributed by atoms with van der Waals surface area (Å²) in [4.78, 5) is 0. The molecule has 0 aliphatic heterocycles. The first kappa shape index (κ1) is 11.6. The number of para-hydroxylation sites is 1. The Bertz CT molecular complexity index is 298. The number of benzene rings is 1. The molecule has 1 rings (SSSR count). The molecule has 0 fully saturated rings. The number of ether oxygens (including phenoxy) is 1. The lowest BCUT2D eigenvalue weighted by Crippen LogP contribution is -2.18. The van der Waals surface area contributed by atoms with Crippen LogP contribution in [0.5, 0.6) is 5.75 Å². The van der Waals surface area contributed by atoms with Crippen molar-refractivity contribution in [3.05, 3.63) is 29.8 Å². The highest BCUT2D eigenvalue weighted by molar-refractivity contribution is 14.1. The maximum atomic E-state index is 11.9. The van der Waals surface area contributed by atoms with Gasteiger partial charge in [0.1, 0.15) is 5.75 Å². The van der Waals surface area contributed by atoms with E-state index in [1.54, 1.807) is 12.1 Å². The van der Waals surface area contributed by atoms with Crippen molar-refractivity contribution in [2.24, 2.45) is 0 Å². The fraction of sp³-hybridized carbons (Fsp3) is 0.333. The van der Waals surface area contributed by atoms with Crippen LogP contribution in [0.1, 0.15) is 5.56 Å². The first-order valence-electron chi connectivity index (χ1n) is 3.92. The van der Waals surface area contributed by atoms with Gasteiger partial charge in [0.25, 0.3) is 0 Å². The number of aryl methyl sites for hydroxylation is 1. The molecule has 0 saturated heterocycles. The molecule has 0 atom stereocenters. The molecule has 1 aromatic rings. The Labute approximate surface area is 93.4 Å². The third kappa shape index (κ3) is 3.73. The normalized spacial score (nSPS) is 11.4. The Hall–Kier alpha value is -0.460. The lowest BCUT2D eigenvalue weighted by molar-refractivity contribution is -0.274. The highest BCUT2D eigenvalue weighted by atomic mass is 127. The molecule has 0 aliphatic rings. The fourth-order valence-electron chi connectivity index (χ4n) is 1.04. The van der Waals surface area contributed by atoms with Crippen LogP contribution in [0.15, 0.2) is 24.3 Å². The summed E-state index contributed by atoms with van der Waals surface area (Å²) in [5, 5.41) is 0. The largest absolute Gasteiger partial charge is 0.573 e. The summed E-state index contributed by atoms with van der Waals surface area (Å²) in [6.07, 6.45) is -4.03. The number of hydrogen-bond acceptors (Lipinski definition) is 1. The quantitative estimate of drug-likeness (QED) is 0.612. The SMILES string of the molecule is FC(F)(F)Oc1ccccc1CCI. The molecule has 0 radical (unpaired) electrons. The van der Waals surface area contributed by atoms with Gasteiger partial charge in [-0.1, -0.05) is 40.8 Å². The average Bonchev–Trinajstić information content (AvgIpc) is 2.06. The number of rotatable bonds is 3. The number of halogens is 4. The van der Waals surface area contributed by atoms with Crippen LogP contribution in [0.25, 0.3) is 0 Å². The van der Waals surface area contributed by atoms with E-state index in [9.17, 15) is 13.2 Å². The lowest BCUT2D eigenvalue weighted by atomic mass is 10.1. The minimum Gasteiger partial charge on any atom is -0.406 e. The summed E-state index contributed by atoms with van der Waals surface area (Å²) in [7, 11) is 0. The minimum absolute atomic E-state index is 0.100. The van der Waals surface area contributed by atoms with E-state index in [1.807, 2.05) is 0 Å². The summed E-state index contributed by atoms with van der Waals surface area (Å²) < 4.78 is 40.5. The summed E-state index contributed by atoms with van der Waals surface area (Å²) in [6.45, 7) is 0. The average molecular weight is 316 g/mol. The van der Waals surface area contributed by atoms with Gasteiger partial charge in [0, 0.05) is 4.43 Å². The third-order valence-electron chi connectivity index (χ3n) is 1.56. The Kier molecular flexibility index (Phi) is 4.03. The van der Waals surface area contributed by atoms with Crippen LogP contribution in [0.2, 0.25) is 0 Å². The summed E-state index contributed by atoms with van der Waals surface area (Å²) in [6, 6.07) is 6.19. The molecule has 14 heavy (non-hydrogen) atoms. The van der Waals surface area contributed by atoms with Gasteiger partial charge in [-0.15, -0.1) is 13.2 Å². The van der Waals surface area contributed by atoms with Crippen molar-refractivity contribution < 1.29 is 17.9 Å². The summed E-state index contributed by atoms with van der Waals surface area (Å²) in [5.74, 6) is -0.100. The smallest absolute Gasteiger partial charge is 0.406 e. The van der Waals surface area contributed by atoms with E-state index in [0.29, 0.717) is 12.0 Å². The van der Waals surface area contributed by atoms with Gasteiger partial charge in [0.15, 0.2) is 0 Å². The Morgan fingerprint density at radius 2 is 1.86 bits per heavy atom. The molecule has 0 heterocycles. The second-order valence-electron chi connectivity index (χ2n) is 2.59. The van der Waals surface area contributed by atoms with Crippen LogP contribution in [0.4, 0.5) is 13.2 Å². The van der Waals surface area contributed by atoms with Crippen molar-refractivity contribution in [3.63, 3.8) is 0 Å². The van der Waals surface area contributed by atoms with Crippen molar-refractivity contribution in [1.29, 1.82) is 0 Å². The van der Waals surface area contributed by atoms with E-state index in [2.05, 4.69) is 27.3 Å². The zero-order valence-corrected chi connectivity index (χ0v) is 9.30. The molecule has 0 bridgehead atoms. The molecular formula is C9H8F3IO. The number of alkyl halides is 4. The van der Waals surface area contributed by atoms with Crippen LogP contribution in [0.3, 0.4) is 0 Å². The molecule has 1 aromatic carbocycles. The molecule has 0 aromatic heterocycles. The maximum absolute atomic E-state index is 11.9. The molecule has 0 unspecified atom stereocenters. The van der Waals surface area contributed by atoms with E-state index < -0.39 is 6.36 Å². The summed E-state index contributed by atoms with van der Waals surface area (Å²) in [5.41, 5.74) is 0.583. The lowest BCUT2D eigenvalue weighted by Gasteiger charge is -2.12. The first-order valence-corrected chi connectivity index (χ1v) is 5.45. The molecule has 0 spiro atoms. The van der Waals surface area contributed by atoms with Gasteiger partial charge in [0.05, 0.1) is 0 Å². The molecule has 1 nitrogen and oxygen atoms in total. The first-order chi connectivity index (χ1) is 6.53. The molecule has 78 valence electrons. The third-order valence-corrected chi connectivity index (χ3v) is 2.10. The Morgan fingerprint density at radius 1 is 1.21 bits per heavy atom. The monoisotopic (exact) mass is 316 g/mol. The van der Waals surface area contributed by atoms with Gasteiger partial charge in [0.2, 0.25) is 0 Å². The second-order valence-corrected chi connectivity index (χ2v) is 3.67. The van der Waals surface area contributed by atoms with Gasteiger partial charge >= 0.3 is 6.36 Å². The van der Waals surface area contributed by atoms with Crippen molar-refractivity contribution in [3.8, 4) is 5.75 Å². The van der Waals surface area contributed by atoms with E-state index in [0.717, 1.165) is 4.43 Å². The van der Waals surface area contributed by atoms with Crippen molar-refractivity contribution in [2.75, 3.05) is 4.43 Å². The maximum Gasteiger partial charge on any atom is 0.573 e. The predicted molar refractivity (Wildman–Crippen MR) is 55.7 cm³/mol. The van der Waals surface area contributed by atoms with Crippen molar-refractivity contribution in [1.82, 2.24) is 0 Å². The Balaban J connectivity index is 2.84. The van der Waals surface area contributed by atoms with Crippen LogP contribution in [-0.4, -0.2) is 10.8 Å². The van der Waals surface area contributed by atoms with Crippen molar-refractivity contribution >= 4 is 22.6 Å². The Morgan fingerprint density at radius 3 is 2.43 bits per heavy atom.